The first-order valence-electron chi connectivity index (χ1n) is 7.91. The molecular weight excluding hydrogens is 250 g/mol. The first-order valence-corrected chi connectivity index (χ1v) is 7.91. The fraction of sp³-hybridized carbons (Fsp3) is 0.812. The molecule has 2 heterocycles. The standard InChI is InChI=1S/C16H29N3O/c1-5-17(9-13(2)3)16(20)12-19-11-15-7-6-8-18(15)10-14(19)4/h14-15H,2,5-12H2,1,3-4H3. The summed E-state index contributed by atoms with van der Waals surface area (Å²) in [5.41, 5.74) is 1.05. The third-order valence-electron chi connectivity index (χ3n) is 4.60. The largest absolute Gasteiger partial charge is 0.338 e. The van der Waals surface area contributed by atoms with Gasteiger partial charge in [-0.15, -0.1) is 0 Å². The van der Waals surface area contributed by atoms with Crippen LogP contribution in [0.1, 0.15) is 33.6 Å². The minimum atomic E-state index is 0.244. The quantitative estimate of drug-likeness (QED) is 0.715. The SMILES string of the molecule is C=C(C)CN(CC)C(=O)CN1CC2CCCN2CC1C. The lowest BCUT2D eigenvalue weighted by molar-refractivity contribution is -0.133. The summed E-state index contributed by atoms with van der Waals surface area (Å²) in [5.74, 6) is 0.244. The van der Waals surface area contributed by atoms with Gasteiger partial charge in [-0.2, -0.15) is 0 Å². The van der Waals surface area contributed by atoms with Crippen LogP contribution in [0.15, 0.2) is 12.2 Å². The summed E-state index contributed by atoms with van der Waals surface area (Å²) in [6.45, 7) is 15.6. The van der Waals surface area contributed by atoms with Gasteiger partial charge in [0, 0.05) is 38.3 Å². The first kappa shape index (κ1) is 15.5. The molecule has 2 aliphatic rings. The number of nitrogens with zero attached hydrogens (tertiary/aromatic N) is 3. The van der Waals surface area contributed by atoms with Gasteiger partial charge in [-0.25, -0.2) is 0 Å². The predicted octanol–water partition coefficient (Wildman–Crippen LogP) is 1.58. The van der Waals surface area contributed by atoms with E-state index in [2.05, 4.69) is 23.3 Å². The molecule has 4 heteroatoms. The van der Waals surface area contributed by atoms with Gasteiger partial charge in [-0.1, -0.05) is 12.2 Å². The van der Waals surface area contributed by atoms with E-state index in [1.807, 2.05) is 18.7 Å². The summed E-state index contributed by atoms with van der Waals surface area (Å²) in [6, 6.07) is 1.16. The number of hydrogen-bond acceptors (Lipinski definition) is 3. The molecule has 2 aliphatic heterocycles. The second-order valence-electron chi connectivity index (χ2n) is 6.43. The van der Waals surface area contributed by atoms with E-state index in [0.29, 0.717) is 25.2 Å². The van der Waals surface area contributed by atoms with Gasteiger partial charge < -0.3 is 4.90 Å². The summed E-state index contributed by atoms with van der Waals surface area (Å²) < 4.78 is 0. The van der Waals surface area contributed by atoms with Crippen molar-refractivity contribution in [3.63, 3.8) is 0 Å². The molecule has 4 nitrogen and oxygen atoms in total. The fourth-order valence-electron chi connectivity index (χ4n) is 3.44. The van der Waals surface area contributed by atoms with E-state index in [0.717, 1.165) is 25.2 Å². The molecule has 0 aliphatic carbocycles. The highest BCUT2D eigenvalue weighted by Crippen LogP contribution is 2.24. The number of hydrogen-bond donors (Lipinski definition) is 0. The Morgan fingerprint density at radius 1 is 1.40 bits per heavy atom. The van der Waals surface area contributed by atoms with Gasteiger partial charge in [-0.05, 0) is 40.2 Å². The van der Waals surface area contributed by atoms with Crippen LogP contribution in [0.2, 0.25) is 0 Å². The van der Waals surface area contributed by atoms with Gasteiger partial charge >= 0.3 is 0 Å². The lowest BCUT2D eigenvalue weighted by atomic mass is 10.1. The Balaban J connectivity index is 1.91. The molecule has 0 spiro atoms. The van der Waals surface area contributed by atoms with Crippen LogP contribution >= 0.6 is 0 Å². The van der Waals surface area contributed by atoms with Crippen molar-refractivity contribution in [3.8, 4) is 0 Å². The van der Waals surface area contributed by atoms with Gasteiger partial charge in [0.1, 0.15) is 0 Å². The van der Waals surface area contributed by atoms with Crippen molar-refractivity contribution >= 4 is 5.91 Å². The summed E-state index contributed by atoms with van der Waals surface area (Å²) in [4.78, 5) is 19.3. The predicted molar refractivity (Wildman–Crippen MR) is 82.7 cm³/mol. The highest BCUT2D eigenvalue weighted by molar-refractivity contribution is 5.78. The topological polar surface area (TPSA) is 26.8 Å². The van der Waals surface area contributed by atoms with E-state index in [4.69, 9.17) is 0 Å². The van der Waals surface area contributed by atoms with Crippen LogP contribution in [0.3, 0.4) is 0 Å². The van der Waals surface area contributed by atoms with Crippen LogP contribution in [-0.4, -0.2) is 72.0 Å². The Morgan fingerprint density at radius 3 is 2.80 bits per heavy atom. The molecule has 20 heavy (non-hydrogen) atoms. The number of rotatable bonds is 5. The van der Waals surface area contributed by atoms with E-state index in [9.17, 15) is 4.79 Å². The second-order valence-corrected chi connectivity index (χ2v) is 6.43. The van der Waals surface area contributed by atoms with Crippen molar-refractivity contribution < 1.29 is 4.79 Å². The molecule has 0 aromatic heterocycles. The molecule has 0 N–H and O–H groups in total. The van der Waals surface area contributed by atoms with Crippen LogP contribution < -0.4 is 0 Å². The van der Waals surface area contributed by atoms with Gasteiger partial charge in [0.15, 0.2) is 0 Å². The number of fused-ring (bicyclic) bond motifs is 1. The van der Waals surface area contributed by atoms with Crippen molar-refractivity contribution in [2.24, 2.45) is 0 Å². The monoisotopic (exact) mass is 279 g/mol. The molecule has 0 aromatic carbocycles. The van der Waals surface area contributed by atoms with E-state index in [1.54, 1.807) is 0 Å². The van der Waals surface area contributed by atoms with Gasteiger partial charge in [0.05, 0.1) is 6.54 Å². The summed E-state index contributed by atoms with van der Waals surface area (Å²) in [7, 11) is 0. The average molecular weight is 279 g/mol. The van der Waals surface area contributed by atoms with Crippen molar-refractivity contribution in [1.29, 1.82) is 0 Å². The molecule has 0 aromatic rings. The zero-order chi connectivity index (χ0) is 14.7. The zero-order valence-electron chi connectivity index (χ0n) is 13.3. The molecule has 2 unspecified atom stereocenters. The van der Waals surface area contributed by atoms with Crippen molar-refractivity contribution in [2.45, 2.75) is 45.7 Å². The van der Waals surface area contributed by atoms with Crippen LogP contribution in [-0.2, 0) is 4.79 Å². The minimum absolute atomic E-state index is 0.244. The molecular formula is C16H29N3O. The molecule has 0 saturated carbocycles. The first-order chi connectivity index (χ1) is 9.51. The molecule has 2 fully saturated rings. The van der Waals surface area contributed by atoms with Gasteiger partial charge in [0.25, 0.3) is 0 Å². The lowest BCUT2D eigenvalue weighted by Gasteiger charge is -2.42. The number of piperazine rings is 1. The highest BCUT2D eigenvalue weighted by atomic mass is 16.2. The third kappa shape index (κ3) is 3.61. The number of carbonyl (C=O) groups excluding carboxylic acids is 1. The van der Waals surface area contributed by atoms with Gasteiger partial charge in [0.2, 0.25) is 5.91 Å². The molecule has 1 amide bonds. The molecule has 2 atom stereocenters. The second kappa shape index (κ2) is 6.72. The van der Waals surface area contributed by atoms with E-state index in [1.165, 1.54) is 19.4 Å². The summed E-state index contributed by atoms with van der Waals surface area (Å²) in [6.07, 6.45) is 2.61. The average Bonchev–Trinajstić information content (AvgIpc) is 2.82. The third-order valence-corrected chi connectivity index (χ3v) is 4.60. The van der Waals surface area contributed by atoms with Crippen LogP contribution in [0.5, 0.6) is 0 Å². The van der Waals surface area contributed by atoms with Crippen molar-refractivity contribution in [1.82, 2.24) is 14.7 Å². The Kier molecular flexibility index (Phi) is 5.22. The maximum Gasteiger partial charge on any atom is 0.237 e. The summed E-state index contributed by atoms with van der Waals surface area (Å²) >= 11 is 0. The number of carbonyl (C=O) groups is 1. The van der Waals surface area contributed by atoms with Crippen LogP contribution in [0.25, 0.3) is 0 Å². The van der Waals surface area contributed by atoms with E-state index in [-0.39, 0.29) is 5.91 Å². The molecule has 0 bridgehead atoms. The number of likely N-dealkylation sites (N-methyl/N-ethyl adjacent to an activating group) is 1. The fourth-order valence-corrected chi connectivity index (χ4v) is 3.44. The molecule has 2 saturated heterocycles. The number of amides is 1. The molecule has 0 radical (unpaired) electrons. The molecule has 2 rings (SSSR count). The van der Waals surface area contributed by atoms with Crippen molar-refractivity contribution in [3.05, 3.63) is 12.2 Å². The summed E-state index contributed by atoms with van der Waals surface area (Å²) in [5, 5.41) is 0. The van der Waals surface area contributed by atoms with Crippen molar-refractivity contribution in [2.75, 3.05) is 39.3 Å². The Morgan fingerprint density at radius 2 is 2.15 bits per heavy atom. The van der Waals surface area contributed by atoms with Gasteiger partial charge in [-0.3, -0.25) is 14.6 Å². The Hall–Kier alpha value is -0.870. The highest BCUT2D eigenvalue weighted by Gasteiger charge is 2.35. The van der Waals surface area contributed by atoms with E-state index < -0.39 is 0 Å². The normalized spacial score (nSPS) is 27.4. The lowest BCUT2D eigenvalue weighted by Crippen LogP contribution is -2.57. The zero-order valence-corrected chi connectivity index (χ0v) is 13.3. The smallest absolute Gasteiger partial charge is 0.237 e. The Bertz CT molecular complexity index is 369. The molecule has 114 valence electrons. The van der Waals surface area contributed by atoms with Crippen LogP contribution in [0.4, 0.5) is 0 Å². The van der Waals surface area contributed by atoms with Crippen LogP contribution in [0, 0.1) is 0 Å². The Labute approximate surface area is 123 Å². The van der Waals surface area contributed by atoms with E-state index >= 15 is 0 Å². The maximum atomic E-state index is 12.4. The maximum absolute atomic E-state index is 12.4. The minimum Gasteiger partial charge on any atom is -0.338 e.